The number of hydrogen-bond acceptors (Lipinski definition) is 3. The standard InChI is InChI=1S/C17H27NO2/c1-3-14(13-9-7-8-12-17(13)20-2)18-15-10-5-4-6-11-16(15)19/h7-9,12,14-16,18-19H,3-6,10-11H2,1-2H3. The number of para-hydroxylation sites is 1. The van der Waals surface area contributed by atoms with E-state index < -0.39 is 0 Å². The molecule has 1 saturated carbocycles. The van der Waals surface area contributed by atoms with Crippen LogP contribution in [0.25, 0.3) is 0 Å². The summed E-state index contributed by atoms with van der Waals surface area (Å²) in [6.07, 6.45) is 6.33. The maximum absolute atomic E-state index is 10.3. The molecule has 1 aliphatic carbocycles. The molecule has 0 radical (unpaired) electrons. The Labute approximate surface area is 122 Å². The van der Waals surface area contributed by atoms with Crippen molar-refractivity contribution in [2.45, 2.75) is 63.6 Å². The molecule has 3 atom stereocenters. The molecule has 0 saturated heterocycles. The second-order valence-corrected chi connectivity index (χ2v) is 5.68. The fourth-order valence-corrected chi connectivity index (χ4v) is 3.12. The minimum absolute atomic E-state index is 0.201. The van der Waals surface area contributed by atoms with Crippen molar-refractivity contribution < 1.29 is 9.84 Å². The van der Waals surface area contributed by atoms with Crippen LogP contribution in [0, 0.1) is 0 Å². The number of aliphatic hydroxyl groups is 1. The third-order valence-corrected chi connectivity index (χ3v) is 4.32. The third-order valence-electron chi connectivity index (χ3n) is 4.32. The maximum Gasteiger partial charge on any atom is 0.123 e. The van der Waals surface area contributed by atoms with Gasteiger partial charge >= 0.3 is 0 Å². The molecule has 1 aliphatic rings. The van der Waals surface area contributed by atoms with E-state index in [9.17, 15) is 5.11 Å². The summed E-state index contributed by atoms with van der Waals surface area (Å²) in [6, 6.07) is 8.60. The summed E-state index contributed by atoms with van der Waals surface area (Å²) in [5.41, 5.74) is 1.19. The Bertz CT molecular complexity index is 408. The average Bonchev–Trinajstić information content (AvgIpc) is 2.69. The van der Waals surface area contributed by atoms with Gasteiger partial charge in [0.05, 0.1) is 13.2 Å². The van der Waals surface area contributed by atoms with Crippen molar-refractivity contribution in [3.05, 3.63) is 29.8 Å². The predicted octanol–water partition coefficient (Wildman–Crippen LogP) is 3.43. The Balaban J connectivity index is 2.11. The number of ether oxygens (including phenoxy) is 1. The van der Waals surface area contributed by atoms with Crippen LogP contribution in [0.3, 0.4) is 0 Å². The highest BCUT2D eigenvalue weighted by atomic mass is 16.5. The topological polar surface area (TPSA) is 41.5 Å². The molecule has 0 bridgehead atoms. The van der Waals surface area contributed by atoms with E-state index in [1.807, 2.05) is 18.2 Å². The van der Waals surface area contributed by atoms with Crippen molar-refractivity contribution >= 4 is 0 Å². The van der Waals surface area contributed by atoms with Crippen molar-refractivity contribution in [2.24, 2.45) is 0 Å². The van der Waals surface area contributed by atoms with E-state index in [1.165, 1.54) is 18.4 Å². The molecule has 0 amide bonds. The summed E-state index contributed by atoms with van der Waals surface area (Å²) in [6.45, 7) is 2.17. The fraction of sp³-hybridized carbons (Fsp3) is 0.647. The van der Waals surface area contributed by atoms with Crippen LogP contribution in [-0.4, -0.2) is 24.4 Å². The fourth-order valence-electron chi connectivity index (χ4n) is 3.12. The molecular weight excluding hydrogens is 250 g/mol. The number of aliphatic hydroxyl groups excluding tert-OH is 1. The number of hydrogen-bond donors (Lipinski definition) is 2. The Morgan fingerprint density at radius 3 is 2.75 bits per heavy atom. The Morgan fingerprint density at radius 1 is 1.25 bits per heavy atom. The van der Waals surface area contributed by atoms with Gasteiger partial charge < -0.3 is 15.2 Å². The molecule has 3 heteroatoms. The first-order chi connectivity index (χ1) is 9.76. The van der Waals surface area contributed by atoms with Crippen LogP contribution < -0.4 is 10.1 Å². The normalized spacial score (nSPS) is 24.9. The summed E-state index contributed by atoms with van der Waals surface area (Å²) in [4.78, 5) is 0. The first kappa shape index (κ1) is 15.3. The van der Waals surface area contributed by atoms with Crippen LogP contribution in [0.1, 0.15) is 57.1 Å². The van der Waals surface area contributed by atoms with Crippen molar-refractivity contribution in [3.63, 3.8) is 0 Å². The lowest BCUT2D eigenvalue weighted by Crippen LogP contribution is -2.41. The Kier molecular flexibility index (Phi) is 5.86. The molecule has 2 rings (SSSR count). The van der Waals surface area contributed by atoms with Crippen molar-refractivity contribution in [1.29, 1.82) is 0 Å². The van der Waals surface area contributed by atoms with E-state index in [-0.39, 0.29) is 18.2 Å². The summed E-state index contributed by atoms with van der Waals surface area (Å²) in [5, 5.41) is 13.9. The summed E-state index contributed by atoms with van der Waals surface area (Å²) in [7, 11) is 1.71. The number of rotatable bonds is 5. The van der Waals surface area contributed by atoms with Gasteiger partial charge in [-0.15, -0.1) is 0 Å². The van der Waals surface area contributed by atoms with Crippen molar-refractivity contribution in [3.8, 4) is 5.75 Å². The summed E-state index contributed by atoms with van der Waals surface area (Å²) in [5.74, 6) is 0.926. The monoisotopic (exact) mass is 277 g/mol. The van der Waals surface area contributed by atoms with E-state index in [2.05, 4.69) is 18.3 Å². The van der Waals surface area contributed by atoms with Gasteiger partial charge in [-0.25, -0.2) is 0 Å². The van der Waals surface area contributed by atoms with E-state index in [4.69, 9.17) is 4.74 Å². The van der Waals surface area contributed by atoms with E-state index in [0.29, 0.717) is 0 Å². The first-order valence-corrected chi connectivity index (χ1v) is 7.83. The van der Waals surface area contributed by atoms with Gasteiger partial charge in [-0.05, 0) is 25.3 Å². The van der Waals surface area contributed by atoms with Gasteiger partial charge in [-0.2, -0.15) is 0 Å². The highest BCUT2D eigenvalue weighted by Crippen LogP contribution is 2.29. The molecule has 1 aromatic rings. The van der Waals surface area contributed by atoms with Gasteiger partial charge in [0.2, 0.25) is 0 Å². The average molecular weight is 277 g/mol. The molecule has 1 aromatic carbocycles. The molecule has 0 heterocycles. The van der Waals surface area contributed by atoms with Gasteiger partial charge in [0.15, 0.2) is 0 Å². The molecule has 0 aliphatic heterocycles. The van der Waals surface area contributed by atoms with Crippen LogP contribution >= 0.6 is 0 Å². The molecule has 3 nitrogen and oxygen atoms in total. The molecule has 3 unspecified atom stereocenters. The third kappa shape index (κ3) is 3.74. The second-order valence-electron chi connectivity index (χ2n) is 5.68. The first-order valence-electron chi connectivity index (χ1n) is 7.83. The second kappa shape index (κ2) is 7.65. The SMILES string of the molecule is CCC(NC1CCCCCC1O)c1ccccc1OC. The lowest BCUT2D eigenvalue weighted by atomic mass is 9.99. The smallest absolute Gasteiger partial charge is 0.123 e. The zero-order chi connectivity index (χ0) is 14.4. The van der Waals surface area contributed by atoms with E-state index >= 15 is 0 Å². The molecule has 1 fully saturated rings. The van der Waals surface area contributed by atoms with Crippen LogP contribution in [0.15, 0.2) is 24.3 Å². The Morgan fingerprint density at radius 2 is 2.00 bits per heavy atom. The number of benzene rings is 1. The Hall–Kier alpha value is -1.06. The van der Waals surface area contributed by atoms with Gasteiger partial charge in [0.25, 0.3) is 0 Å². The van der Waals surface area contributed by atoms with E-state index in [0.717, 1.165) is 31.4 Å². The summed E-state index contributed by atoms with van der Waals surface area (Å²) < 4.78 is 5.47. The molecule has 112 valence electrons. The van der Waals surface area contributed by atoms with Gasteiger partial charge in [0, 0.05) is 17.6 Å². The maximum atomic E-state index is 10.3. The highest BCUT2D eigenvalue weighted by Gasteiger charge is 2.25. The molecule has 20 heavy (non-hydrogen) atoms. The van der Waals surface area contributed by atoms with Crippen LogP contribution in [0.5, 0.6) is 5.75 Å². The zero-order valence-electron chi connectivity index (χ0n) is 12.6. The number of nitrogens with one attached hydrogen (secondary N) is 1. The predicted molar refractivity (Wildman–Crippen MR) is 82.0 cm³/mol. The number of methoxy groups -OCH3 is 1. The molecule has 0 spiro atoms. The van der Waals surface area contributed by atoms with Gasteiger partial charge in [-0.1, -0.05) is 44.4 Å². The minimum atomic E-state index is -0.221. The largest absolute Gasteiger partial charge is 0.496 e. The minimum Gasteiger partial charge on any atom is -0.496 e. The van der Waals surface area contributed by atoms with Crippen LogP contribution in [0.4, 0.5) is 0 Å². The van der Waals surface area contributed by atoms with Gasteiger partial charge in [-0.3, -0.25) is 0 Å². The van der Waals surface area contributed by atoms with Crippen LogP contribution in [0.2, 0.25) is 0 Å². The van der Waals surface area contributed by atoms with Crippen LogP contribution in [-0.2, 0) is 0 Å². The van der Waals surface area contributed by atoms with E-state index in [1.54, 1.807) is 7.11 Å². The lowest BCUT2D eigenvalue weighted by molar-refractivity contribution is 0.113. The zero-order valence-corrected chi connectivity index (χ0v) is 12.6. The molecular formula is C17H27NO2. The van der Waals surface area contributed by atoms with Gasteiger partial charge in [0.1, 0.15) is 5.75 Å². The quantitative estimate of drug-likeness (QED) is 0.810. The highest BCUT2D eigenvalue weighted by molar-refractivity contribution is 5.35. The summed E-state index contributed by atoms with van der Waals surface area (Å²) >= 11 is 0. The van der Waals surface area contributed by atoms with Crippen molar-refractivity contribution in [2.75, 3.05) is 7.11 Å². The van der Waals surface area contributed by atoms with Crippen molar-refractivity contribution in [1.82, 2.24) is 5.32 Å². The lowest BCUT2D eigenvalue weighted by Gasteiger charge is -2.28. The molecule has 0 aromatic heterocycles. The molecule has 2 N–H and O–H groups in total.